The van der Waals surface area contributed by atoms with E-state index in [0.717, 1.165) is 17.7 Å². The zero-order valence-corrected chi connectivity index (χ0v) is 11.5. The van der Waals surface area contributed by atoms with Crippen molar-refractivity contribution in [3.63, 3.8) is 0 Å². The van der Waals surface area contributed by atoms with Crippen molar-refractivity contribution in [3.8, 4) is 0 Å². The van der Waals surface area contributed by atoms with E-state index in [2.05, 4.69) is 10.5 Å². The van der Waals surface area contributed by atoms with Gasteiger partial charge in [-0.25, -0.2) is 0 Å². The number of carbonyl (C=O) groups excluding carboxylic acids is 1. The molecule has 6 heteroatoms. The van der Waals surface area contributed by atoms with Crippen LogP contribution in [0.15, 0.2) is 17.3 Å². The van der Waals surface area contributed by atoms with Crippen LogP contribution in [0.1, 0.15) is 41.2 Å². The van der Waals surface area contributed by atoms with E-state index in [1.165, 1.54) is 11.3 Å². The van der Waals surface area contributed by atoms with Gasteiger partial charge >= 0.3 is 0 Å². The number of amidine groups is 1. The maximum Gasteiger partial charge on any atom is 0.261 e. The Bertz CT molecular complexity index is 429. The highest BCUT2D eigenvalue weighted by Gasteiger charge is 2.18. The molecule has 0 saturated heterocycles. The molecule has 0 aliphatic rings. The second kappa shape index (κ2) is 7.00. The van der Waals surface area contributed by atoms with Crippen LogP contribution in [0.2, 0.25) is 0 Å². The highest BCUT2D eigenvalue weighted by atomic mass is 32.1. The maximum absolute atomic E-state index is 12.0. The molecule has 1 rings (SSSR count). The minimum absolute atomic E-state index is 0.0393. The Morgan fingerprint density at radius 2 is 2.28 bits per heavy atom. The van der Waals surface area contributed by atoms with Crippen molar-refractivity contribution < 1.29 is 10.0 Å². The van der Waals surface area contributed by atoms with Gasteiger partial charge in [-0.1, -0.05) is 25.4 Å². The summed E-state index contributed by atoms with van der Waals surface area (Å²) in [7, 11) is 0. The number of nitrogens with two attached hydrogens (primary N) is 1. The molecule has 0 saturated carbocycles. The van der Waals surface area contributed by atoms with Crippen LogP contribution in [0, 0.1) is 0 Å². The fraction of sp³-hybridized carbons (Fsp3) is 0.500. The van der Waals surface area contributed by atoms with E-state index in [-0.39, 0.29) is 11.7 Å². The third-order valence-electron chi connectivity index (χ3n) is 2.59. The summed E-state index contributed by atoms with van der Waals surface area (Å²) in [5.74, 6) is -0.137. The molecule has 0 aromatic carbocycles. The van der Waals surface area contributed by atoms with Gasteiger partial charge in [-0.15, -0.1) is 11.3 Å². The van der Waals surface area contributed by atoms with Crippen molar-refractivity contribution in [2.24, 2.45) is 10.9 Å². The van der Waals surface area contributed by atoms with Gasteiger partial charge in [0, 0.05) is 4.88 Å². The Kier molecular flexibility index (Phi) is 5.64. The first-order valence-corrected chi connectivity index (χ1v) is 6.81. The molecule has 0 spiro atoms. The highest BCUT2D eigenvalue weighted by molar-refractivity contribution is 7.14. The van der Waals surface area contributed by atoms with E-state index in [1.54, 1.807) is 6.07 Å². The van der Waals surface area contributed by atoms with Crippen LogP contribution in [0.4, 0.5) is 0 Å². The van der Waals surface area contributed by atoms with Crippen molar-refractivity contribution in [1.82, 2.24) is 5.32 Å². The van der Waals surface area contributed by atoms with E-state index in [0.29, 0.717) is 11.3 Å². The van der Waals surface area contributed by atoms with Gasteiger partial charge in [0.25, 0.3) is 5.91 Å². The molecule has 0 bridgehead atoms. The number of aryl methyl sites for hydroxylation is 1. The Morgan fingerprint density at radius 3 is 2.78 bits per heavy atom. The van der Waals surface area contributed by atoms with Crippen molar-refractivity contribution in [1.29, 1.82) is 0 Å². The maximum atomic E-state index is 12.0. The van der Waals surface area contributed by atoms with Gasteiger partial charge in [-0.3, -0.25) is 4.79 Å². The van der Waals surface area contributed by atoms with Gasteiger partial charge in [0.05, 0.1) is 10.9 Å². The first kappa shape index (κ1) is 14.5. The van der Waals surface area contributed by atoms with E-state index in [1.807, 2.05) is 19.9 Å². The Labute approximate surface area is 111 Å². The molecular weight excluding hydrogens is 250 g/mol. The van der Waals surface area contributed by atoms with E-state index >= 15 is 0 Å². The molecule has 0 radical (unpaired) electrons. The predicted octanol–water partition coefficient (Wildman–Crippen LogP) is 1.96. The zero-order chi connectivity index (χ0) is 13.5. The molecule has 0 aliphatic heterocycles. The van der Waals surface area contributed by atoms with Gasteiger partial charge in [0.1, 0.15) is 0 Å². The molecule has 1 amide bonds. The molecule has 18 heavy (non-hydrogen) atoms. The van der Waals surface area contributed by atoms with Gasteiger partial charge in [-0.05, 0) is 25.0 Å². The molecule has 1 aromatic rings. The number of nitrogens with zero attached hydrogens (tertiary/aromatic N) is 1. The van der Waals surface area contributed by atoms with Crippen LogP contribution < -0.4 is 11.1 Å². The number of amides is 1. The lowest BCUT2D eigenvalue weighted by Gasteiger charge is -2.15. The quantitative estimate of drug-likeness (QED) is 0.319. The number of nitrogens with one attached hydrogen (secondary N) is 1. The smallest absolute Gasteiger partial charge is 0.261 e. The molecule has 0 aliphatic carbocycles. The minimum atomic E-state index is -0.417. The first-order valence-electron chi connectivity index (χ1n) is 5.99. The number of hydrogen-bond donors (Lipinski definition) is 3. The summed E-state index contributed by atoms with van der Waals surface area (Å²) in [5.41, 5.74) is 5.55. The second-order valence-electron chi connectivity index (χ2n) is 3.96. The Balaban J connectivity index is 2.71. The fourth-order valence-electron chi connectivity index (χ4n) is 1.57. The van der Waals surface area contributed by atoms with Crippen LogP contribution >= 0.6 is 11.3 Å². The third-order valence-corrected chi connectivity index (χ3v) is 3.82. The molecule has 1 atom stereocenters. The van der Waals surface area contributed by atoms with Gasteiger partial charge < -0.3 is 16.3 Å². The number of hydrogen-bond acceptors (Lipinski definition) is 4. The summed E-state index contributed by atoms with van der Waals surface area (Å²) in [6.07, 6.45) is 2.40. The average Bonchev–Trinajstić information content (AvgIpc) is 2.86. The van der Waals surface area contributed by atoms with Crippen molar-refractivity contribution >= 4 is 23.1 Å². The summed E-state index contributed by atoms with van der Waals surface area (Å²) in [6, 6.07) is 3.33. The second-order valence-corrected chi connectivity index (χ2v) is 5.13. The molecule has 4 N–H and O–H groups in total. The molecule has 1 unspecified atom stereocenters. The number of thiophene rings is 1. The van der Waals surface area contributed by atoms with Crippen molar-refractivity contribution in [3.05, 3.63) is 21.9 Å². The van der Waals surface area contributed by atoms with Crippen LogP contribution in [-0.2, 0) is 6.42 Å². The first-order chi connectivity index (χ1) is 8.62. The molecular formula is C12H19N3O2S. The zero-order valence-electron chi connectivity index (χ0n) is 10.6. The van der Waals surface area contributed by atoms with E-state index < -0.39 is 6.04 Å². The summed E-state index contributed by atoms with van der Waals surface area (Å²) in [6.45, 7) is 4.02. The summed E-state index contributed by atoms with van der Waals surface area (Å²) in [4.78, 5) is 13.8. The lowest BCUT2D eigenvalue weighted by atomic mass is 10.1. The fourth-order valence-corrected chi connectivity index (χ4v) is 2.42. The Morgan fingerprint density at radius 1 is 1.56 bits per heavy atom. The SMILES string of the molecule is CCCC(NC(=O)c1ccc(CC)s1)C(N)=NO. The van der Waals surface area contributed by atoms with Gasteiger partial charge in [0.15, 0.2) is 5.84 Å². The van der Waals surface area contributed by atoms with Crippen LogP contribution in [-0.4, -0.2) is 23.0 Å². The standard InChI is InChI=1S/C12H19N3O2S/c1-3-5-9(11(13)15-17)14-12(16)10-7-6-8(4-2)18-10/h6-7,9,17H,3-5H2,1-2H3,(H2,13,15)(H,14,16). The van der Waals surface area contributed by atoms with E-state index in [4.69, 9.17) is 10.9 Å². The highest BCUT2D eigenvalue weighted by Crippen LogP contribution is 2.17. The van der Waals surface area contributed by atoms with E-state index in [9.17, 15) is 4.79 Å². The molecule has 1 aromatic heterocycles. The molecule has 1 heterocycles. The van der Waals surface area contributed by atoms with Crippen LogP contribution in [0.3, 0.4) is 0 Å². The Hall–Kier alpha value is -1.56. The van der Waals surface area contributed by atoms with Crippen molar-refractivity contribution in [2.45, 2.75) is 39.2 Å². The number of carbonyl (C=O) groups is 1. The number of oxime groups is 1. The molecule has 100 valence electrons. The summed E-state index contributed by atoms with van der Waals surface area (Å²) >= 11 is 1.47. The normalized spacial score (nSPS) is 13.3. The lowest BCUT2D eigenvalue weighted by Crippen LogP contribution is -2.44. The van der Waals surface area contributed by atoms with Crippen LogP contribution in [0.25, 0.3) is 0 Å². The van der Waals surface area contributed by atoms with Crippen LogP contribution in [0.5, 0.6) is 0 Å². The summed E-state index contributed by atoms with van der Waals surface area (Å²) in [5, 5.41) is 14.4. The third kappa shape index (κ3) is 3.73. The topological polar surface area (TPSA) is 87.7 Å². The molecule has 5 nitrogen and oxygen atoms in total. The largest absolute Gasteiger partial charge is 0.409 e. The average molecular weight is 269 g/mol. The minimum Gasteiger partial charge on any atom is -0.409 e. The monoisotopic (exact) mass is 269 g/mol. The number of rotatable bonds is 6. The molecule has 0 fully saturated rings. The van der Waals surface area contributed by atoms with Gasteiger partial charge in [0.2, 0.25) is 0 Å². The summed E-state index contributed by atoms with van der Waals surface area (Å²) < 4.78 is 0. The van der Waals surface area contributed by atoms with Crippen molar-refractivity contribution in [2.75, 3.05) is 0 Å². The predicted molar refractivity (Wildman–Crippen MR) is 73.3 cm³/mol. The van der Waals surface area contributed by atoms with Gasteiger partial charge in [-0.2, -0.15) is 0 Å². The lowest BCUT2D eigenvalue weighted by molar-refractivity contribution is 0.0949.